The highest BCUT2D eigenvalue weighted by atomic mass is 16.5. The highest BCUT2D eigenvalue weighted by molar-refractivity contribution is 6.00. The summed E-state index contributed by atoms with van der Waals surface area (Å²) in [6, 6.07) is 14.7. The van der Waals surface area contributed by atoms with Gasteiger partial charge in [0.25, 0.3) is 5.91 Å². The fourth-order valence-electron chi connectivity index (χ4n) is 5.02. The number of nitrogens with zero attached hydrogens (tertiary/aromatic N) is 3. The van der Waals surface area contributed by atoms with Crippen LogP contribution in [0.25, 0.3) is 0 Å². The van der Waals surface area contributed by atoms with Gasteiger partial charge in [0.15, 0.2) is 0 Å². The lowest BCUT2D eigenvalue weighted by Crippen LogP contribution is -2.51. The number of para-hydroxylation sites is 1. The molecule has 10 nitrogen and oxygen atoms in total. The van der Waals surface area contributed by atoms with Crippen LogP contribution in [0.2, 0.25) is 0 Å². The molecule has 1 saturated heterocycles. The van der Waals surface area contributed by atoms with Gasteiger partial charge in [0.05, 0.1) is 12.1 Å². The first kappa shape index (κ1) is 29.1. The monoisotopic (exact) mass is 549 g/mol. The van der Waals surface area contributed by atoms with Gasteiger partial charge >= 0.3 is 0 Å². The largest absolute Gasteiger partial charge is 0.491 e. The first-order chi connectivity index (χ1) is 19.3. The van der Waals surface area contributed by atoms with Crippen molar-refractivity contribution in [2.24, 2.45) is 0 Å². The van der Waals surface area contributed by atoms with E-state index < -0.39 is 18.0 Å². The zero-order chi connectivity index (χ0) is 28.5. The van der Waals surface area contributed by atoms with E-state index in [1.807, 2.05) is 37.4 Å². The number of hydrogen-bond donors (Lipinski definition) is 2. The fourth-order valence-corrected chi connectivity index (χ4v) is 5.02. The van der Waals surface area contributed by atoms with Crippen LogP contribution in [0.4, 0.5) is 0 Å². The summed E-state index contributed by atoms with van der Waals surface area (Å²) < 4.78 is 5.92. The molecule has 2 aliphatic heterocycles. The molecule has 4 rings (SSSR count). The topological polar surface area (TPSA) is 111 Å². The lowest BCUT2D eigenvalue weighted by molar-refractivity contribution is -0.136. The first-order valence-corrected chi connectivity index (χ1v) is 13.9. The Morgan fingerprint density at radius 3 is 2.45 bits per heavy atom. The minimum Gasteiger partial charge on any atom is -0.491 e. The highest BCUT2D eigenvalue weighted by Gasteiger charge is 2.30. The molecule has 40 heavy (non-hydrogen) atoms. The number of likely N-dealkylation sites (N-methyl/N-ethyl adjacent to an activating group) is 2. The smallest absolute Gasteiger partial charge is 0.255 e. The molecule has 0 spiro atoms. The fraction of sp³-hybridized carbons (Fsp3) is 0.467. The van der Waals surface area contributed by atoms with E-state index >= 15 is 0 Å². The minimum atomic E-state index is -0.897. The molecule has 0 bridgehead atoms. The molecule has 10 heteroatoms. The quantitative estimate of drug-likeness (QED) is 0.597. The standard InChI is InChI=1S/C30H39N5O5/c1-33-15-8-16-35(18-17-33)30(39)24-13-14-27(36)31-25(21-22-9-4-3-5-10-22)29(38)34(2)19-20-40-26-12-7-6-11-23(26)28(37)32-24/h3-7,9-12,24-25H,8,13-21H2,1-2H3,(H,31,36)(H,32,37)/t24-,25-/m0/s1. The van der Waals surface area contributed by atoms with Crippen LogP contribution in [0, 0.1) is 0 Å². The van der Waals surface area contributed by atoms with Crippen molar-refractivity contribution < 1.29 is 23.9 Å². The predicted octanol–water partition coefficient (Wildman–Crippen LogP) is 1.31. The predicted molar refractivity (Wildman–Crippen MR) is 151 cm³/mol. The van der Waals surface area contributed by atoms with Gasteiger partial charge in [-0.1, -0.05) is 42.5 Å². The van der Waals surface area contributed by atoms with E-state index in [0.29, 0.717) is 30.8 Å². The van der Waals surface area contributed by atoms with Gasteiger partial charge in [-0.05, 0) is 44.1 Å². The van der Waals surface area contributed by atoms with Crippen molar-refractivity contribution in [3.05, 3.63) is 65.7 Å². The lowest BCUT2D eigenvalue weighted by Gasteiger charge is -2.27. The average Bonchev–Trinajstić information content (AvgIpc) is 3.18. The molecule has 0 unspecified atom stereocenters. The van der Waals surface area contributed by atoms with Gasteiger partial charge in [0.1, 0.15) is 24.4 Å². The third-order valence-electron chi connectivity index (χ3n) is 7.40. The maximum absolute atomic E-state index is 13.6. The molecule has 1 fully saturated rings. The summed E-state index contributed by atoms with van der Waals surface area (Å²) in [6.45, 7) is 3.18. The summed E-state index contributed by atoms with van der Waals surface area (Å²) in [7, 11) is 3.69. The van der Waals surface area contributed by atoms with Crippen LogP contribution in [0.1, 0.15) is 35.2 Å². The maximum Gasteiger partial charge on any atom is 0.255 e. The van der Waals surface area contributed by atoms with E-state index in [4.69, 9.17) is 4.74 Å². The number of rotatable bonds is 3. The van der Waals surface area contributed by atoms with E-state index in [9.17, 15) is 19.2 Å². The second-order valence-electron chi connectivity index (χ2n) is 10.5. The van der Waals surface area contributed by atoms with E-state index in [0.717, 1.165) is 25.1 Å². The Bertz CT molecular complexity index is 1190. The molecule has 2 heterocycles. The maximum atomic E-state index is 13.6. The number of carbonyl (C=O) groups excluding carboxylic acids is 4. The van der Waals surface area contributed by atoms with Gasteiger partial charge in [0, 0.05) is 39.5 Å². The zero-order valence-electron chi connectivity index (χ0n) is 23.3. The van der Waals surface area contributed by atoms with Gasteiger partial charge in [-0.3, -0.25) is 19.2 Å². The molecule has 2 aromatic rings. The summed E-state index contributed by atoms with van der Waals surface area (Å²) >= 11 is 0. The Hall–Kier alpha value is -3.92. The first-order valence-electron chi connectivity index (χ1n) is 13.9. The number of hydrogen-bond acceptors (Lipinski definition) is 6. The molecular formula is C30H39N5O5. The van der Waals surface area contributed by atoms with Gasteiger partial charge in [-0.25, -0.2) is 0 Å². The average molecular weight is 550 g/mol. The van der Waals surface area contributed by atoms with Crippen molar-refractivity contribution in [3.63, 3.8) is 0 Å². The van der Waals surface area contributed by atoms with Crippen LogP contribution in [-0.2, 0) is 20.8 Å². The molecule has 0 radical (unpaired) electrons. The highest BCUT2D eigenvalue weighted by Crippen LogP contribution is 2.19. The second kappa shape index (κ2) is 13.9. The van der Waals surface area contributed by atoms with E-state index in [1.165, 1.54) is 4.90 Å². The van der Waals surface area contributed by atoms with Crippen molar-refractivity contribution in [1.82, 2.24) is 25.3 Å². The minimum absolute atomic E-state index is 0.0230. The second-order valence-corrected chi connectivity index (χ2v) is 10.5. The van der Waals surface area contributed by atoms with Crippen LogP contribution in [0.15, 0.2) is 54.6 Å². The Morgan fingerprint density at radius 2 is 1.65 bits per heavy atom. The lowest BCUT2D eigenvalue weighted by atomic mass is 10.0. The third-order valence-corrected chi connectivity index (χ3v) is 7.40. The molecule has 0 aliphatic carbocycles. The Balaban J connectivity index is 1.59. The summed E-state index contributed by atoms with van der Waals surface area (Å²) in [6.07, 6.45) is 1.25. The van der Waals surface area contributed by atoms with E-state index in [1.54, 1.807) is 36.2 Å². The molecule has 0 saturated carbocycles. The number of carbonyl (C=O) groups is 4. The molecule has 2 atom stereocenters. The van der Waals surface area contributed by atoms with Crippen LogP contribution in [-0.4, -0.2) is 104 Å². The van der Waals surface area contributed by atoms with Crippen LogP contribution < -0.4 is 15.4 Å². The van der Waals surface area contributed by atoms with Crippen molar-refractivity contribution in [3.8, 4) is 5.75 Å². The van der Waals surface area contributed by atoms with Crippen LogP contribution in [0.5, 0.6) is 5.75 Å². The normalized spacial score (nSPS) is 22.1. The summed E-state index contributed by atoms with van der Waals surface area (Å²) in [5.41, 5.74) is 1.22. The number of amides is 4. The molecule has 214 valence electrons. The van der Waals surface area contributed by atoms with Gasteiger partial charge < -0.3 is 30.1 Å². The molecule has 0 aromatic heterocycles. The van der Waals surface area contributed by atoms with E-state index in [-0.39, 0.29) is 43.7 Å². The SMILES string of the molecule is CN1CCCN(C(=O)[C@@H]2CCC(=O)N[C@@H](Cc3ccccc3)C(=O)N(C)CCOc3ccccc3C(=O)N2)CC1. The third kappa shape index (κ3) is 7.81. The van der Waals surface area contributed by atoms with Crippen LogP contribution in [0.3, 0.4) is 0 Å². The number of ether oxygens (including phenoxy) is 1. The Morgan fingerprint density at radius 1 is 0.900 bits per heavy atom. The van der Waals surface area contributed by atoms with Crippen LogP contribution >= 0.6 is 0 Å². The molecule has 2 aliphatic rings. The molecular weight excluding hydrogens is 510 g/mol. The summed E-state index contributed by atoms with van der Waals surface area (Å²) in [4.78, 5) is 59.0. The molecule has 2 N–H and O–H groups in total. The summed E-state index contributed by atoms with van der Waals surface area (Å²) in [5.74, 6) is -0.872. The van der Waals surface area contributed by atoms with Gasteiger partial charge in [-0.15, -0.1) is 0 Å². The molecule has 4 amide bonds. The van der Waals surface area contributed by atoms with Crippen molar-refractivity contribution in [2.45, 2.75) is 37.8 Å². The van der Waals surface area contributed by atoms with Crippen molar-refractivity contribution >= 4 is 23.6 Å². The Kier molecular flexibility index (Phi) is 10.1. The molecule has 2 aromatic carbocycles. The van der Waals surface area contributed by atoms with Gasteiger partial charge in [-0.2, -0.15) is 0 Å². The number of nitrogens with one attached hydrogen (secondary N) is 2. The number of fused-ring (bicyclic) bond motifs is 1. The van der Waals surface area contributed by atoms with Crippen molar-refractivity contribution in [2.75, 3.05) is 53.4 Å². The Labute approximate surface area is 235 Å². The summed E-state index contributed by atoms with van der Waals surface area (Å²) in [5, 5.41) is 5.76. The number of benzene rings is 2. The van der Waals surface area contributed by atoms with Gasteiger partial charge in [0.2, 0.25) is 17.7 Å². The van der Waals surface area contributed by atoms with E-state index in [2.05, 4.69) is 15.5 Å². The zero-order valence-corrected chi connectivity index (χ0v) is 23.3. The van der Waals surface area contributed by atoms with Crippen molar-refractivity contribution in [1.29, 1.82) is 0 Å².